The van der Waals surface area contributed by atoms with Crippen molar-refractivity contribution in [1.82, 2.24) is 4.98 Å². The maximum Gasteiger partial charge on any atom is 0.324 e. The molecule has 23 heavy (non-hydrogen) atoms. The Morgan fingerprint density at radius 3 is 2.74 bits per heavy atom. The van der Waals surface area contributed by atoms with E-state index in [1.54, 1.807) is 0 Å². The number of hydrogen-bond donors (Lipinski definition) is 0. The van der Waals surface area contributed by atoms with Crippen LogP contribution in [0, 0.1) is 0 Å². The lowest BCUT2D eigenvalue weighted by Crippen LogP contribution is -2.13. The molecule has 0 spiro atoms. The van der Waals surface area contributed by atoms with Crippen molar-refractivity contribution in [3.05, 3.63) is 59.1 Å². The predicted molar refractivity (Wildman–Crippen MR) is 96.3 cm³/mol. The van der Waals surface area contributed by atoms with Crippen LogP contribution in [0.4, 0.5) is 0 Å². The molecule has 1 unspecified atom stereocenters. The SMILES string of the molecule is CCOC(=O)C(Sc1nc2cccc(Cl)c2s1)c1ccccc1. The number of thiazole rings is 1. The Morgan fingerprint density at radius 1 is 1.26 bits per heavy atom. The highest BCUT2D eigenvalue weighted by Gasteiger charge is 2.25. The summed E-state index contributed by atoms with van der Waals surface area (Å²) in [5, 5.41) is 0.245. The van der Waals surface area contributed by atoms with Gasteiger partial charge in [0.05, 0.1) is 21.8 Å². The Bertz CT molecular complexity index is 820. The van der Waals surface area contributed by atoms with Gasteiger partial charge >= 0.3 is 5.97 Å². The monoisotopic (exact) mass is 363 g/mol. The van der Waals surface area contributed by atoms with Gasteiger partial charge < -0.3 is 4.74 Å². The van der Waals surface area contributed by atoms with Crippen LogP contribution < -0.4 is 0 Å². The second kappa shape index (κ2) is 7.34. The highest BCUT2D eigenvalue weighted by atomic mass is 35.5. The van der Waals surface area contributed by atoms with Gasteiger partial charge in [-0.3, -0.25) is 4.79 Å². The van der Waals surface area contributed by atoms with Crippen LogP contribution >= 0.6 is 34.7 Å². The summed E-state index contributed by atoms with van der Waals surface area (Å²) in [5.41, 5.74) is 1.75. The third-order valence-corrected chi connectivity index (χ3v) is 6.03. The van der Waals surface area contributed by atoms with Crippen LogP contribution in [0.3, 0.4) is 0 Å². The maximum absolute atomic E-state index is 12.3. The molecule has 0 radical (unpaired) electrons. The van der Waals surface area contributed by atoms with Crippen molar-refractivity contribution in [3.63, 3.8) is 0 Å². The summed E-state index contributed by atoms with van der Waals surface area (Å²) in [4.78, 5) is 16.9. The summed E-state index contributed by atoms with van der Waals surface area (Å²) in [6.45, 7) is 2.16. The summed E-state index contributed by atoms with van der Waals surface area (Å²) in [6, 6.07) is 15.2. The number of thioether (sulfide) groups is 1. The molecule has 0 amide bonds. The number of aromatic nitrogens is 1. The van der Waals surface area contributed by atoms with Gasteiger partial charge in [-0.1, -0.05) is 59.8 Å². The third-order valence-electron chi connectivity index (χ3n) is 3.17. The number of halogens is 1. The topological polar surface area (TPSA) is 39.2 Å². The Labute approximate surface area is 147 Å². The molecule has 0 fully saturated rings. The normalized spacial score (nSPS) is 12.3. The van der Waals surface area contributed by atoms with Crippen molar-refractivity contribution in [3.8, 4) is 0 Å². The zero-order chi connectivity index (χ0) is 16.2. The first kappa shape index (κ1) is 16.3. The number of ether oxygens (including phenoxy) is 1. The first-order chi connectivity index (χ1) is 11.2. The Kier molecular flexibility index (Phi) is 5.20. The minimum absolute atomic E-state index is 0.256. The number of rotatable bonds is 5. The molecular weight excluding hydrogens is 350 g/mol. The maximum atomic E-state index is 12.3. The fourth-order valence-corrected chi connectivity index (χ4v) is 4.67. The number of benzene rings is 2. The number of fused-ring (bicyclic) bond motifs is 1. The zero-order valence-corrected chi connectivity index (χ0v) is 14.8. The van der Waals surface area contributed by atoms with Crippen molar-refractivity contribution in [2.24, 2.45) is 0 Å². The smallest absolute Gasteiger partial charge is 0.324 e. The lowest BCUT2D eigenvalue weighted by atomic mass is 10.1. The molecule has 3 nitrogen and oxygen atoms in total. The quantitative estimate of drug-likeness (QED) is 0.452. The average Bonchev–Trinajstić information content (AvgIpc) is 2.98. The summed E-state index contributed by atoms with van der Waals surface area (Å²) in [7, 11) is 0. The lowest BCUT2D eigenvalue weighted by Gasteiger charge is -2.13. The zero-order valence-electron chi connectivity index (χ0n) is 12.4. The third kappa shape index (κ3) is 3.68. The summed E-state index contributed by atoms with van der Waals surface area (Å²) in [6.07, 6.45) is 0. The minimum Gasteiger partial charge on any atom is -0.465 e. The summed E-state index contributed by atoms with van der Waals surface area (Å²) < 4.78 is 6.96. The van der Waals surface area contributed by atoms with Gasteiger partial charge in [-0.2, -0.15) is 0 Å². The molecule has 1 atom stereocenters. The van der Waals surface area contributed by atoms with E-state index in [2.05, 4.69) is 4.98 Å². The molecule has 0 saturated heterocycles. The molecule has 1 aromatic heterocycles. The van der Waals surface area contributed by atoms with E-state index in [1.165, 1.54) is 23.1 Å². The molecule has 0 saturated carbocycles. The average molecular weight is 364 g/mol. The number of carbonyl (C=O) groups is 1. The molecule has 0 aliphatic carbocycles. The first-order valence-corrected chi connectivity index (χ1v) is 9.19. The number of nitrogens with zero attached hydrogens (tertiary/aromatic N) is 1. The van der Waals surface area contributed by atoms with E-state index < -0.39 is 5.25 Å². The number of hydrogen-bond acceptors (Lipinski definition) is 5. The molecule has 1 heterocycles. The Balaban J connectivity index is 1.93. The fourth-order valence-electron chi connectivity index (χ4n) is 2.14. The second-order valence-electron chi connectivity index (χ2n) is 4.73. The largest absolute Gasteiger partial charge is 0.465 e. The molecule has 0 N–H and O–H groups in total. The standard InChI is InChI=1S/C17H14ClNO2S2/c1-2-21-16(20)14(11-7-4-3-5-8-11)22-17-19-13-10-6-9-12(18)15(13)23-17/h3-10,14H,2H2,1H3. The van der Waals surface area contributed by atoms with Crippen molar-refractivity contribution < 1.29 is 9.53 Å². The van der Waals surface area contributed by atoms with Crippen molar-refractivity contribution >= 4 is 50.9 Å². The van der Waals surface area contributed by atoms with Crippen molar-refractivity contribution in [1.29, 1.82) is 0 Å². The van der Waals surface area contributed by atoms with E-state index >= 15 is 0 Å². The number of esters is 1. The van der Waals surface area contributed by atoms with Crippen LogP contribution in [0.15, 0.2) is 52.9 Å². The van der Waals surface area contributed by atoms with Gasteiger partial charge in [0, 0.05) is 0 Å². The molecule has 3 aromatic rings. The highest BCUT2D eigenvalue weighted by molar-refractivity contribution is 8.02. The second-order valence-corrected chi connectivity index (χ2v) is 7.49. The summed E-state index contributed by atoms with van der Waals surface area (Å²) >= 11 is 9.10. The predicted octanol–water partition coefficient (Wildman–Crippen LogP) is 5.35. The molecule has 118 valence electrons. The molecule has 3 rings (SSSR count). The molecule has 6 heteroatoms. The first-order valence-electron chi connectivity index (χ1n) is 7.12. The van der Waals surface area contributed by atoms with Gasteiger partial charge in [-0.05, 0) is 24.6 Å². The van der Waals surface area contributed by atoms with E-state index in [-0.39, 0.29) is 5.97 Å². The van der Waals surface area contributed by atoms with Gasteiger partial charge in [0.2, 0.25) is 0 Å². The van der Waals surface area contributed by atoms with E-state index in [9.17, 15) is 4.79 Å². The van der Waals surface area contributed by atoms with Crippen LogP contribution in [-0.2, 0) is 9.53 Å². The van der Waals surface area contributed by atoms with Crippen LogP contribution in [0.5, 0.6) is 0 Å². The van der Waals surface area contributed by atoms with Gasteiger partial charge in [0.1, 0.15) is 5.25 Å². The van der Waals surface area contributed by atoms with Gasteiger partial charge in [0.15, 0.2) is 4.34 Å². The van der Waals surface area contributed by atoms with Gasteiger partial charge in [-0.25, -0.2) is 4.98 Å². The molecule has 0 aliphatic rings. The van der Waals surface area contributed by atoms with E-state index in [0.717, 1.165) is 20.1 Å². The molecular formula is C17H14ClNO2S2. The van der Waals surface area contributed by atoms with Crippen LogP contribution in [0.25, 0.3) is 10.2 Å². The summed E-state index contributed by atoms with van der Waals surface area (Å²) in [5.74, 6) is -0.256. The molecule has 0 bridgehead atoms. The molecule has 2 aromatic carbocycles. The Hall–Kier alpha value is -1.56. The Morgan fingerprint density at radius 2 is 2.04 bits per heavy atom. The van der Waals surface area contributed by atoms with Crippen LogP contribution in [-0.4, -0.2) is 17.6 Å². The van der Waals surface area contributed by atoms with Crippen molar-refractivity contribution in [2.75, 3.05) is 6.61 Å². The number of carbonyl (C=O) groups excluding carboxylic acids is 1. The molecule has 0 aliphatic heterocycles. The van der Waals surface area contributed by atoms with Gasteiger partial charge in [-0.15, -0.1) is 11.3 Å². The van der Waals surface area contributed by atoms with E-state index in [4.69, 9.17) is 16.3 Å². The van der Waals surface area contributed by atoms with Crippen LogP contribution in [0.1, 0.15) is 17.7 Å². The fraction of sp³-hybridized carbons (Fsp3) is 0.176. The van der Waals surface area contributed by atoms with Gasteiger partial charge in [0.25, 0.3) is 0 Å². The van der Waals surface area contributed by atoms with E-state index in [0.29, 0.717) is 11.6 Å². The minimum atomic E-state index is -0.435. The van der Waals surface area contributed by atoms with E-state index in [1.807, 2.05) is 55.5 Å². The lowest BCUT2D eigenvalue weighted by molar-refractivity contribution is -0.142. The highest BCUT2D eigenvalue weighted by Crippen LogP contribution is 2.41. The van der Waals surface area contributed by atoms with Crippen molar-refractivity contribution in [2.45, 2.75) is 16.5 Å². The van der Waals surface area contributed by atoms with Crippen LogP contribution in [0.2, 0.25) is 5.02 Å².